The number of halogens is 3. The Morgan fingerprint density at radius 2 is 2.08 bits per heavy atom. The summed E-state index contributed by atoms with van der Waals surface area (Å²) in [6.07, 6.45) is 0.377. The smallest absolute Gasteiger partial charge is 0.166 e. The molecule has 0 aliphatic heterocycles. The minimum atomic E-state index is -4.17. The highest BCUT2D eigenvalue weighted by Crippen LogP contribution is 2.32. The molecule has 1 rings (SSSR count). The van der Waals surface area contributed by atoms with E-state index in [2.05, 4.69) is 0 Å². The molecule has 0 nitrogen and oxygen atoms in total. The first kappa shape index (κ1) is 9.36. The summed E-state index contributed by atoms with van der Waals surface area (Å²) < 4.78 is 36.4. The Labute approximate surface area is 69.8 Å². The van der Waals surface area contributed by atoms with Crippen molar-refractivity contribution in [2.45, 2.75) is 32.4 Å². The lowest BCUT2D eigenvalue weighted by Gasteiger charge is -2.14. The van der Waals surface area contributed by atoms with Crippen molar-refractivity contribution in [3.63, 3.8) is 0 Å². The lowest BCUT2D eigenvalue weighted by Crippen LogP contribution is -2.12. The molecule has 0 saturated heterocycles. The van der Waals surface area contributed by atoms with Crippen LogP contribution in [0.15, 0.2) is 23.3 Å². The fraction of sp³-hybridized carbons (Fsp3) is 0.556. The number of allylic oxidation sites excluding steroid dienone is 4. The third-order valence-corrected chi connectivity index (χ3v) is 1.97. The molecule has 0 saturated carbocycles. The molecule has 0 unspecified atom stereocenters. The largest absolute Gasteiger partial charge is 0.416 e. The van der Waals surface area contributed by atoms with Gasteiger partial charge in [-0.15, -0.1) is 0 Å². The van der Waals surface area contributed by atoms with Crippen molar-refractivity contribution in [1.29, 1.82) is 0 Å². The predicted molar refractivity (Wildman–Crippen MR) is 41.7 cm³/mol. The average molecular weight is 176 g/mol. The highest BCUT2D eigenvalue weighted by atomic mass is 19.4. The summed E-state index contributed by atoms with van der Waals surface area (Å²) in [6, 6.07) is 0. The van der Waals surface area contributed by atoms with Gasteiger partial charge < -0.3 is 0 Å². The van der Waals surface area contributed by atoms with Gasteiger partial charge in [-0.1, -0.05) is 24.6 Å². The van der Waals surface area contributed by atoms with Gasteiger partial charge in [-0.2, -0.15) is 13.2 Å². The Bertz CT molecular complexity index is 220. The molecular formula is C9H11F3. The summed E-state index contributed by atoms with van der Waals surface area (Å²) in [7, 11) is 0. The van der Waals surface area contributed by atoms with Crippen LogP contribution in [0.1, 0.15) is 26.2 Å². The minimum Gasteiger partial charge on any atom is -0.166 e. The molecule has 68 valence electrons. The van der Waals surface area contributed by atoms with Crippen LogP contribution < -0.4 is 0 Å². The van der Waals surface area contributed by atoms with Crippen LogP contribution in [-0.2, 0) is 0 Å². The summed E-state index contributed by atoms with van der Waals surface area (Å²) in [5, 5.41) is 0. The number of rotatable bonds is 1. The van der Waals surface area contributed by atoms with E-state index < -0.39 is 11.7 Å². The Kier molecular flexibility index (Phi) is 2.60. The number of hydrogen-bond acceptors (Lipinski definition) is 0. The minimum absolute atomic E-state index is 0.481. The zero-order valence-corrected chi connectivity index (χ0v) is 6.91. The van der Waals surface area contributed by atoms with E-state index in [9.17, 15) is 13.2 Å². The van der Waals surface area contributed by atoms with Crippen LogP contribution in [0.3, 0.4) is 0 Å². The summed E-state index contributed by atoms with van der Waals surface area (Å²) in [5.41, 5.74) is 0.412. The van der Waals surface area contributed by atoms with E-state index in [1.165, 1.54) is 12.2 Å². The molecule has 0 atom stereocenters. The molecule has 0 fully saturated rings. The Balaban J connectivity index is 2.80. The maximum absolute atomic E-state index is 12.1. The first-order chi connectivity index (χ1) is 5.54. The van der Waals surface area contributed by atoms with E-state index in [0.717, 1.165) is 12.0 Å². The lowest BCUT2D eigenvalue weighted by atomic mass is 9.97. The molecule has 0 aromatic carbocycles. The Hall–Kier alpha value is -0.730. The highest BCUT2D eigenvalue weighted by molar-refractivity contribution is 5.31. The summed E-state index contributed by atoms with van der Waals surface area (Å²) in [4.78, 5) is 0. The van der Waals surface area contributed by atoms with Crippen molar-refractivity contribution >= 4 is 0 Å². The van der Waals surface area contributed by atoms with Gasteiger partial charge in [0, 0.05) is 0 Å². The van der Waals surface area contributed by atoms with Crippen LogP contribution in [-0.4, -0.2) is 6.18 Å². The van der Waals surface area contributed by atoms with Crippen molar-refractivity contribution in [1.82, 2.24) is 0 Å². The van der Waals surface area contributed by atoms with Crippen LogP contribution in [0.2, 0.25) is 0 Å². The third kappa shape index (κ3) is 2.13. The maximum atomic E-state index is 12.1. The van der Waals surface area contributed by atoms with E-state index in [0.29, 0.717) is 12.8 Å². The third-order valence-electron chi connectivity index (χ3n) is 1.97. The zero-order valence-electron chi connectivity index (χ0n) is 6.91. The lowest BCUT2D eigenvalue weighted by molar-refractivity contribution is -0.0887. The van der Waals surface area contributed by atoms with E-state index in [4.69, 9.17) is 0 Å². The summed E-state index contributed by atoms with van der Waals surface area (Å²) >= 11 is 0. The van der Waals surface area contributed by atoms with E-state index in [1.54, 1.807) is 0 Å². The standard InChI is InChI=1S/C9H11F3/c1-2-7-4-3-5-8(6-7)9(10,11)12/h5-6H,2-4H2,1H3. The molecule has 0 heterocycles. The first-order valence-corrected chi connectivity index (χ1v) is 4.01. The second-order valence-corrected chi connectivity index (χ2v) is 2.85. The Morgan fingerprint density at radius 3 is 2.58 bits per heavy atom. The van der Waals surface area contributed by atoms with E-state index >= 15 is 0 Å². The van der Waals surface area contributed by atoms with Gasteiger partial charge in [0.1, 0.15) is 0 Å². The first-order valence-electron chi connectivity index (χ1n) is 4.01. The topological polar surface area (TPSA) is 0 Å². The normalized spacial score (nSPS) is 18.7. The van der Waals surface area contributed by atoms with Crippen LogP contribution in [0.5, 0.6) is 0 Å². The quantitative estimate of drug-likeness (QED) is 0.572. The summed E-state index contributed by atoms with van der Waals surface area (Å²) in [6.45, 7) is 1.88. The van der Waals surface area contributed by atoms with Crippen LogP contribution in [0, 0.1) is 0 Å². The predicted octanol–water partition coefficient (Wildman–Crippen LogP) is 3.61. The van der Waals surface area contributed by atoms with Gasteiger partial charge in [0.2, 0.25) is 0 Å². The number of alkyl halides is 3. The molecule has 1 aliphatic rings. The van der Waals surface area contributed by atoms with Crippen molar-refractivity contribution in [3.8, 4) is 0 Å². The fourth-order valence-electron chi connectivity index (χ4n) is 1.24. The molecule has 3 heteroatoms. The molecule has 0 spiro atoms. The van der Waals surface area contributed by atoms with E-state index in [1.807, 2.05) is 6.92 Å². The maximum Gasteiger partial charge on any atom is 0.416 e. The molecule has 0 aromatic heterocycles. The molecule has 0 aromatic rings. The summed E-state index contributed by atoms with van der Waals surface area (Å²) in [5.74, 6) is 0. The van der Waals surface area contributed by atoms with Gasteiger partial charge in [0.05, 0.1) is 5.57 Å². The van der Waals surface area contributed by atoms with Gasteiger partial charge in [-0.3, -0.25) is 0 Å². The van der Waals surface area contributed by atoms with Crippen LogP contribution >= 0.6 is 0 Å². The van der Waals surface area contributed by atoms with Crippen molar-refractivity contribution < 1.29 is 13.2 Å². The average Bonchev–Trinajstić information content (AvgIpc) is 2.03. The highest BCUT2D eigenvalue weighted by Gasteiger charge is 2.32. The number of hydrogen-bond donors (Lipinski definition) is 0. The van der Waals surface area contributed by atoms with Crippen molar-refractivity contribution in [2.24, 2.45) is 0 Å². The van der Waals surface area contributed by atoms with Crippen molar-refractivity contribution in [2.75, 3.05) is 0 Å². The van der Waals surface area contributed by atoms with Gasteiger partial charge in [0.25, 0.3) is 0 Å². The molecular weight excluding hydrogens is 165 g/mol. The van der Waals surface area contributed by atoms with Gasteiger partial charge in [0.15, 0.2) is 0 Å². The zero-order chi connectivity index (χ0) is 9.19. The van der Waals surface area contributed by atoms with Gasteiger partial charge in [-0.25, -0.2) is 0 Å². The fourth-order valence-corrected chi connectivity index (χ4v) is 1.24. The molecule has 0 N–H and O–H groups in total. The van der Waals surface area contributed by atoms with Crippen molar-refractivity contribution in [3.05, 3.63) is 23.3 Å². The molecule has 0 radical (unpaired) electrons. The monoisotopic (exact) mass is 176 g/mol. The molecule has 12 heavy (non-hydrogen) atoms. The van der Waals surface area contributed by atoms with E-state index in [-0.39, 0.29) is 0 Å². The molecule has 1 aliphatic carbocycles. The van der Waals surface area contributed by atoms with Gasteiger partial charge >= 0.3 is 6.18 Å². The Morgan fingerprint density at radius 1 is 1.42 bits per heavy atom. The SMILES string of the molecule is CCC1=CC(C(F)(F)F)=CCC1. The van der Waals surface area contributed by atoms with Gasteiger partial charge in [-0.05, 0) is 19.3 Å². The second kappa shape index (κ2) is 3.33. The molecule has 0 bridgehead atoms. The molecule has 0 amide bonds. The van der Waals surface area contributed by atoms with Crippen LogP contribution in [0.4, 0.5) is 13.2 Å². The second-order valence-electron chi connectivity index (χ2n) is 2.85. The van der Waals surface area contributed by atoms with Crippen LogP contribution in [0.25, 0.3) is 0 Å².